The zero-order valence-corrected chi connectivity index (χ0v) is 52.2. The summed E-state index contributed by atoms with van der Waals surface area (Å²) < 4.78 is 85.6. The molecule has 15 aromatic carbocycles. The monoisotopic (exact) mass is 1250 g/mol. The van der Waals surface area contributed by atoms with Crippen LogP contribution >= 0.6 is 11.8 Å². The van der Waals surface area contributed by atoms with E-state index in [-0.39, 0.29) is 33.9 Å². The van der Waals surface area contributed by atoms with E-state index in [0.29, 0.717) is 5.69 Å². The second-order valence-electron chi connectivity index (χ2n) is 24.9. The van der Waals surface area contributed by atoms with E-state index in [2.05, 4.69) is 253 Å². The number of benzene rings is 15. The number of nitrogens with zero attached hydrogens (tertiary/aromatic N) is 2. The van der Waals surface area contributed by atoms with Gasteiger partial charge < -0.3 is 18.9 Å². The molecule has 1 N–H and O–H groups in total. The maximum Gasteiger partial charge on any atom is 0.249 e. The number of furan rings is 1. The van der Waals surface area contributed by atoms with E-state index < -0.39 is 43.0 Å². The number of anilines is 2. The van der Waals surface area contributed by atoms with Gasteiger partial charge in [0.05, 0.1) is 33.0 Å². The van der Waals surface area contributed by atoms with E-state index >= 15 is 0 Å². The summed E-state index contributed by atoms with van der Waals surface area (Å²) in [7, 11) is 0. The summed E-state index contributed by atoms with van der Waals surface area (Å²) >= 11 is 1.65. The SMILES string of the molecule is [2H]c1c([2H])c([2H])c2c(c1[2H])c1c([2H])c([2H])c([2H])c([2H])c1n2-c1cc2c3c(c1)Sc1c(ccc4c1c1ccccc1n4-c1ccc(-c4ccccc4)cc1)B3c1cc(-c3cccc4oc5ccccc5c34)cc(-c3c(-c4ccc(-c5ccccc5)cc4)cccc3-c3ccc(-c4ccccc4)cc3)c1N2. The number of rotatable bonds is 9. The lowest BCUT2D eigenvalue weighted by molar-refractivity contribution is 0.669. The molecule has 2 aliphatic heterocycles. The van der Waals surface area contributed by atoms with Crippen LogP contribution < -0.4 is 21.7 Å². The highest BCUT2D eigenvalue weighted by Gasteiger charge is 2.42. The Morgan fingerprint density at radius 2 is 0.865 bits per heavy atom. The van der Waals surface area contributed by atoms with Gasteiger partial charge in [0.2, 0.25) is 6.71 Å². The van der Waals surface area contributed by atoms with Crippen molar-refractivity contribution in [2.45, 2.75) is 9.79 Å². The summed E-state index contributed by atoms with van der Waals surface area (Å²) in [6.45, 7) is -0.462. The van der Waals surface area contributed by atoms with Crippen LogP contribution in [0.25, 0.3) is 155 Å². The van der Waals surface area contributed by atoms with Gasteiger partial charge in [0.15, 0.2) is 0 Å². The van der Waals surface area contributed by atoms with Gasteiger partial charge in [-0.15, -0.1) is 0 Å². The van der Waals surface area contributed by atoms with Crippen LogP contribution in [0.4, 0.5) is 11.4 Å². The molecule has 3 aromatic heterocycles. The third-order valence-electron chi connectivity index (χ3n) is 19.7. The van der Waals surface area contributed by atoms with E-state index in [1.165, 1.54) is 0 Å². The normalized spacial score (nSPS) is 13.6. The molecule has 6 heteroatoms. The van der Waals surface area contributed by atoms with E-state index in [1.54, 1.807) is 16.3 Å². The van der Waals surface area contributed by atoms with Crippen molar-refractivity contribution in [2.24, 2.45) is 0 Å². The summed E-state index contributed by atoms with van der Waals surface area (Å²) in [5.41, 5.74) is 24.4. The van der Waals surface area contributed by atoms with Gasteiger partial charge in [-0.25, -0.2) is 0 Å². The van der Waals surface area contributed by atoms with Crippen LogP contribution in [-0.2, 0) is 0 Å². The Balaban J connectivity index is 0.915. The first-order chi connectivity index (χ1) is 50.9. The fraction of sp³-hybridized carbons (Fsp3) is 0. The molecule has 0 amide bonds. The molecule has 5 heterocycles. The summed E-state index contributed by atoms with van der Waals surface area (Å²) in [5, 5.41) is 8.33. The van der Waals surface area contributed by atoms with Gasteiger partial charge in [-0.05, 0) is 150 Å². The first-order valence-corrected chi connectivity index (χ1v) is 33.1. The number of hydrogen-bond donors (Lipinski definition) is 1. The Hall–Kier alpha value is -12.1. The predicted molar refractivity (Wildman–Crippen MR) is 405 cm³/mol. The lowest BCUT2D eigenvalue weighted by atomic mass is 9.34. The van der Waals surface area contributed by atoms with Crippen molar-refractivity contribution in [1.29, 1.82) is 0 Å². The van der Waals surface area contributed by atoms with Crippen molar-refractivity contribution in [2.75, 3.05) is 5.32 Å². The highest BCUT2D eigenvalue weighted by atomic mass is 32.2. The van der Waals surface area contributed by atoms with Crippen LogP contribution in [0.3, 0.4) is 0 Å². The van der Waals surface area contributed by atoms with Crippen LogP contribution in [0.1, 0.15) is 11.0 Å². The Morgan fingerprint density at radius 3 is 1.51 bits per heavy atom. The van der Waals surface area contributed by atoms with Crippen LogP contribution in [0.2, 0.25) is 0 Å². The molecule has 20 rings (SSSR count). The molecular weight excluding hydrogens is 1180 g/mol. The number of para-hydroxylation sites is 4. The molecule has 0 saturated carbocycles. The average Bonchev–Trinajstić information content (AvgIpc) is 1.40. The lowest BCUT2D eigenvalue weighted by Gasteiger charge is -2.36. The number of nitrogens with one attached hydrogen (secondary N) is 1. The van der Waals surface area contributed by atoms with Gasteiger partial charge in [0.25, 0.3) is 0 Å². The maximum atomic E-state index is 9.75. The van der Waals surface area contributed by atoms with Gasteiger partial charge in [-0.3, -0.25) is 0 Å². The first-order valence-electron chi connectivity index (χ1n) is 36.3. The molecule has 96 heavy (non-hydrogen) atoms. The molecule has 446 valence electrons. The average molecular weight is 1250 g/mol. The highest BCUT2D eigenvalue weighted by Crippen LogP contribution is 2.51. The molecule has 0 saturated heterocycles. The second-order valence-corrected chi connectivity index (χ2v) is 25.9. The maximum absolute atomic E-state index is 9.75. The zero-order chi connectivity index (χ0) is 69.9. The van der Waals surface area contributed by atoms with Crippen LogP contribution in [0, 0.1) is 0 Å². The molecule has 0 bridgehead atoms. The first kappa shape index (κ1) is 46.9. The second kappa shape index (κ2) is 21.8. The third-order valence-corrected chi connectivity index (χ3v) is 20.9. The summed E-state index contributed by atoms with van der Waals surface area (Å²) in [4.78, 5) is 1.89. The van der Waals surface area contributed by atoms with Gasteiger partial charge in [-0.2, -0.15) is 0 Å². The highest BCUT2D eigenvalue weighted by molar-refractivity contribution is 8.00. The van der Waals surface area contributed by atoms with Crippen molar-refractivity contribution in [1.82, 2.24) is 9.13 Å². The minimum absolute atomic E-state index is 0.0119. The fourth-order valence-corrected chi connectivity index (χ4v) is 16.7. The molecule has 0 fully saturated rings. The third kappa shape index (κ3) is 8.52. The van der Waals surface area contributed by atoms with Crippen LogP contribution in [0.15, 0.2) is 348 Å². The van der Waals surface area contributed by atoms with Crippen molar-refractivity contribution in [3.05, 3.63) is 333 Å². The van der Waals surface area contributed by atoms with Crippen LogP contribution in [0.5, 0.6) is 0 Å². The van der Waals surface area contributed by atoms with Crippen molar-refractivity contribution < 1.29 is 15.4 Å². The standard InChI is InChI=1S/C90H56BN3OS/c1-4-20-56(21-5-1)59-38-42-62(43-39-59)67-30-18-31-68(63-44-40-60(41-45-63)57-22-6-2-7-23-57)85(67)74-52-64(69-32-19-37-83-86(69)73-29-13-17-36-82(73)95-83)53-76-89(74)92-77-54-66(94-78-33-14-10-26-70(78)71-27-11-15-34-79(71)94)55-84-88(77)91(76)75-50-51-81-87(90(75)96-84)72-28-12-16-35-80(72)93(81)65-48-46-61(47-49-65)58-24-8-3-9-25-58/h1-55,92H/i10D,11D,14D,15D,26D,27D,33D,34D. The van der Waals surface area contributed by atoms with Gasteiger partial charge in [0.1, 0.15) is 11.2 Å². The van der Waals surface area contributed by atoms with E-state index in [1.807, 2.05) is 42.5 Å². The molecule has 0 unspecified atom stereocenters. The minimum atomic E-state index is -0.499. The van der Waals surface area contributed by atoms with E-state index in [4.69, 9.17) is 7.16 Å². The van der Waals surface area contributed by atoms with E-state index in [0.717, 1.165) is 165 Å². The molecule has 0 spiro atoms. The van der Waals surface area contributed by atoms with Crippen LogP contribution in [-0.4, -0.2) is 15.8 Å². The Labute approximate surface area is 571 Å². The largest absolute Gasteiger partial charge is 0.456 e. The molecule has 0 aliphatic carbocycles. The summed E-state index contributed by atoms with van der Waals surface area (Å²) in [6.07, 6.45) is 0. The number of aromatic nitrogens is 2. The molecule has 2 aliphatic rings. The Bertz CT molecular complexity index is 6500. The quantitative estimate of drug-likeness (QED) is 0.146. The van der Waals surface area contributed by atoms with Gasteiger partial charge in [0, 0.05) is 70.4 Å². The summed E-state index contributed by atoms with van der Waals surface area (Å²) in [5.74, 6) is 0. The molecule has 0 atom stereocenters. The topological polar surface area (TPSA) is 35.0 Å². The van der Waals surface area contributed by atoms with Gasteiger partial charge in [-0.1, -0.05) is 284 Å². The smallest absolute Gasteiger partial charge is 0.249 e. The molecule has 0 radical (unpaired) electrons. The van der Waals surface area contributed by atoms with Gasteiger partial charge >= 0.3 is 0 Å². The molecule has 4 nitrogen and oxygen atoms in total. The predicted octanol–water partition coefficient (Wildman–Crippen LogP) is 22.5. The zero-order valence-electron chi connectivity index (χ0n) is 59.4. The number of fused-ring (bicyclic) bond motifs is 14. The van der Waals surface area contributed by atoms with Crippen molar-refractivity contribution in [3.63, 3.8) is 0 Å². The van der Waals surface area contributed by atoms with Crippen molar-refractivity contribution >= 4 is 112 Å². The fourth-order valence-electron chi connectivity index (χ4n) is 15.4. The molecule has 18 aromatic rings. The molecular formula is C90H56BN3OS. The Kier molecular flexibility index (Phi) is 10.6. The van der Waals surface area contributed by atoms with E-state index in [9.17, 15) is 8.22 Å². The van der Waals surface area contributed by atoms with Crippen molar-refractivity contribution in [3.8, 4) is 89.3 Å². The number of hydrogen-bond acceptors (Lipinski definition) is 3. The Morgan fingerprint density at radius 1 is 0.344 bits per heavy atom. The summed E-state index contributed by atoms with van der Waals surface area (Å²) in [6, 6.07) is 97.5. The lowest BCUT2D eigenvalue weighted by Crippen LogP contribution is -2.58. The minimum Gasteiger partial charge on any atom is -0.456 e.